The topological polar surface area (TPSA) is 308 Å². The van der Waals surface area contributed by atoms with Gasteiger partial charge in [-0.05, 0) is 88.1 Å². The normalized spacial score (nSPS) is 15.5. The quantitative estimate of drug-likeness (QED) is 0.0480. The van der Waals surface area contributed by atoms with Crippen LogP contribution in [0.1, 0.15) is 118 Å². The van der Waals surface area contributed by atoms with Gasteiger partial charge in [0, 0.05) is 126 Å². The number of quaternary nitrogens is 1. The fraction of sp³-hybridized carbons (Fsp3) is 0.677. The molecule has 25 nitrogen and oxygen atoms in total. The summed E-state index contributed by atoms with van der Waals surface area (Å²) in [6, 6.07) is 10.9. The van der Waals surface area contributed by atoms with Crippen LogP contribution in [0.3, 0.4) is 0 Å². The monoisotopic (exact) mass is 1270 g/mol. The molecule has 2 heterocycles. The molecule has 1 aromatic heterocycles. The predicted molar refractivity (Wildman–Crippen MR) is 342 cm³/mol. The lowest BCUT2D eigenvalue weighted by atomic mass is 9.83. The van der Waals surface area contributed by atoms with Gasteiger partial charge in [-0.25, -0.2) is 0 Å². The number of Topliss-reactive ketones (excluding diaryl/α,β-unsaturated/α-hetero) is 1. The number of carbonyl (C=O) groups is 10. The SMILES string of the molecule is CC(=O)N(C)C.CC(=O)N(C)CCCCC(C)(NC(=O)C1(NC(=O)[C@@H](CC(=O)C(C)Cc2ccc(OCCOCCOCC[N+](C)(C)C)cc2)CC(C)C)CCOCC1)C(=O)N[C@](C)(CC(N)=O)C(=O)N[C@@](C)(Cc1cccnc1)C(=O)N(C)CC(=O)N(C)C. The molecule has 0 spiro atoms. The smallest absolute Gasteiger partial charge is 0.248 e. The van der Waals surface area contributed by atoms with Crippen molar-refractivity contribution in [2.24, 2.45) is 23.5 Å². The molecule has 1 aliphatic heterocycles. The third-order valence-corrected chi connectivity index (χ3v) is 15.8. The summed E-state index contributed by atoms with van der Waals surface area (Å²) in [6.07, 6.45) is 3.52. The van der Waals surface area contributed by atoms with Crippen LogP contribution in [0.25, 0.3) is 0 Å². The molecule has 0 bridgehead atoms. The molecular weight excluding hydrogens is 1160 g/mol. The average molecular weight is 1270 g/mol. The number of aromatic nitrogens is 1. The Morgan fingerprint density at radius 1 is 0.722 bits per heavy atom. The lowest BCUT2D eigenvalue weighted by molar-refractivity contribution is -0.870. The third kappa shape index (κ3) is 28.0. The third-order valence-electron chi connectivity index (χ3n) is 15.8. The van der Waals surface area contributed by atoms with Gasteiger partial charge in [-0.2, -0.15) is 0 Å². The number of likely N-dealkylation sites (N-methyl/N-ethyl adjacent to an activating group) is 3. The number of pyridine rings is 1. The van der Waals surface area contributed by atoms with Crippen molar-refractivity contribution in [3.8, 4) is 5.75 Å². The Hall–Kier alpha value is -7.09. The van der Waals surface area contributed by atoms with Gasteiger partial charge in [0.15, 0.2) is 0 Å². The molecule has 2 unspecified atom stereocenters. The Morgan fingerprint density at radius 2 is 1.30 bits per heavy atom. The van der Waals surface area contributed by atoms with E-state index >= 15 is 9.59 Å². The van der Waals surface area contributed by atoms with Crippen LogP contribution in [0.4, 0.5) is 0 Å². The molecule has 25 heteroatoms. The summed E-state index contributed by atoms with van der Waals surface area (Å²) in [5.41, 5.74) is -0.175. The van der Waals surface area contributed by atoms with Crippen molar-refractivity contribution in [3.63, 3.8) is 0 Å². The Kier molecular flexibility index (Phi) is 32.7. The number of ketones is 1. The number of rotatable bonds is 37. The Balaban J connectivity index is 0.00000437. The number of nitrogens with two attached hydrogens (primary N) is 1. The largest absolute Gasteiger partial charge is 0.491 e. The van der Waals surface area contributed by atoms with Gasteiger partial charge in [0.05, 0.1) is 60.5 Å². The Bertz CT molecular complexity index is 2660. The van der Waals surface area contributed by atoms with Crippen LogP contribution in [0, 0.1) is 17.8 Å². The highest BCUT2D eigenvalue weighted by Gasteiger charge is 2.50. The first kappa shape index (κ1) is 79.0. The summed E-state index contributed by atoms with van der Waals surface area (Å²) in [7, 11) is 15.9. The van der Waals surface area contributed by atoms with Crippen molar-refractivity contribution in [1.29, 1.82) is 0 Å². The Morgan fingerprint density at radius 3 is 1.83 bits per heavy atom. The first-order valence-electron chi connectivity index (χ1n) is 31.0. The highest BCUT2D eigenvalue weighted by atomic mass is 16.5. The fourth-order valence-electron chi connectivity index (χ4n) is 9.65. The highest BCUT2D eigenvalue weighted by molar-refractivity contribution is 6.02. The second-order valence-corrected chi connectivity index (χ2v) is 26.3. The number of ether oxygens (including phenoxy) is 4. The molecular formula is C65H108N11O14+. The molecule has 1 saturated heterocycles. The van der Waals surface area contributed by atoms with Gasteiger partial charge < -0.3 is 70.0 Å². The lowest BCUT2D eigenvalue weighted by Crippen LogP contribution is -2.71. The number of hydrogen-bond acceptors (Lipinski definition) is 15. The zero-order valence-corrected chi connectivity index (χ0v) is 57.0. The van der Waals surface area contributed by atoms with Gasteiger partial charge in [-0.15, -0.1) is 0 Å². The second kappa shape index (κ2) is 37.3. The second-order valence-electron chi connectivity index (χ2n) is 26.3. The summed E-state index contributed by atoms with van der Waals surface area (Å²) in [6.45, 7) is 16.3. The van der Waals surface area contributed by atoms with Crippen molar-refractivity contribution >= 4 is 58.9 Å². The van der Waals surface area contributed by atoms with E-state index in [0.717, 1.165) is 21.5 Å². The molecule has 0 radical (unpaired) electrons. The number of amides is 9. The number of primary amides is 1. The molecule has 0 aliphatic carbocycles. The van der Waals surface area contributed by atoms with Crippen LogP contribution in [-0.4, -0.2) is 239 Å². The lowest BCUT2D eigenvalue weighted by Gasteiger charge is -2.42. The van der Waals surface area contributed by atoms with Crippen LogP contribution >= 0.6 is 0 Å². The van der Waals surface area contributed by atoms with Gasteiger partial charge >= 0.3 is 0 Å². The molecule has 9 amide bonds. The van der Waals surface area contributed by atoms with Crippen molar-refractivity contribution in [1.82, 2.24) is 45.9 Å². The first-order chi connectivity index (χ1) is 41.9. The van der Waals surface area contributed by atoms with E-state index in [1.165, 1.54) is 82.9 Å². The van der Waals surface area contributed by atoms with Gasteiger partial charge in [0.25, 0.3) is 0 Å². The van der Waals surface area contributed by atoms with Crippen molar-refractivity contribution in [2.75, 3.05) is 129 Å². The van der Waals surface area contributed by atoms with E-state index in [2.05, 4.69) is 47.4 Å². The van der Waals surface area contributed by atoms with Crippen LogP contribution in [-0.2, 0) is 75.0 Å². The number of carbonyl (C=O) groups excluding carboxylic acids is 10. The van der Waals surface area contributed by atoms with E-state index in [9.17, 15) is 38.4 Å². The number of unbranched alkanes of at least 4 members (excludes halogenated alkanes) is 1. The van der Waals surface area contributed by atoms with Gasteiger partial charge in [-0.1, -0.05) is 39.0 Å². The van der Waals surface area contributed by atoms with Gasteiger partial charge in [0.2, 0.25) is 53.2 Å². The molecule has 1 fully saturated rings. The van der Waals surface area contributed by atoms with Gasteiger partial charge in [-0.3, -0.25) is 52.9 Å². The minimum Gasteiger partial charge on any atom is -0.491 e. The van der Waals surface area contributed by atoms with Crippen LogP contribution in [0.15, 0.2) is 48.8 Å². The summed E-state index contributed by atoms with van der Waals surface area (Å²) in [5.74, 6) is -5.96. The maximum atomic E-state index is 15.1. The predicted octanol–water partition coefficient (Wildman–Crippen LogP) is 2.70. The number of nitrogens with one attached hydrogen (secondary N) is 4. The molecule has 2 aromatic rings. The van der Waals surface area contributed by atoms with E-state index in [4.69, 9.17) is 24.7 Å². The van der Waals surface area contributed by atoms with Crippen molar-refractivity contribution in [2.45, 2.75) is 142 Å². The van der Waals surface area contributed by atoms with E-state index in [0.29, 0.717) is 70.2 Å². The molecule has 90 heavy (non-hydrogen) atoms. The van der Waals surface area contributed by atoms with Crippen molar-refractivity contribution in [3.05, 3.63) is 59.9 Å². The molecule has 6 N–H and O–H groups in total. The zero-order valence-electron chi connectivity index (χ0n) is 57.0. The number of nitrogens with zero attached hydrogens (tertiary/aromatic N) is 6. The Labute approximate surface area is 534 Å². The summed E-state index contributed by atoms with van der Waals surface area (Å²) in [5, 5.41) is 11.5. The van der Waals surface area contributed by atoms with Crippen molar-refractivity contribution < 1.29 is 71.4 Å². The summed E-state index contributed by atoms with van der Waals surface area (Å²) < 4.78 is 23.7. The van der Waals surface area contributed by atoms with Crippen LogP contribution in [0.5, 0.6) is 5.75 Å². The first-order valence-corrected chi connectivity index (χ1v) is 31.0. The van der Waals surface area contributed by atoms with E-state index in [-0.39, 0.29) is 87.7 Å². The molecule has 1 aromatic carbocycles. The molecule has 3 rings (SSSR count). The summed E-state index contributed by atoms with van der Waals surface area (Å²) >= 11 is 0. The van der Waals surface area contributed by atoms with Crippen LogP contribution < -0.4 is 31.7 Å². The summed E-state index contributed by atoms with van der Waals surface area (Å²) in [4.78, 5) is 146. The standard InChI is InChI=1S/C61H98N10O13.C4H9NO/c1-43(2)36-48(38-50(73)44(3)37-46-19-21-49(22-20-46)84-35-34-83-33-32-82-31-28-71(12,13)14)53(76)64-61(24-29-81-30-25-61)56(79)67-58(5,23-15-16-27-69(10)45(4)72)54(77)65-59(6,40-51(62)74)55(78)66-60(7,39-47-18-17-26-63-41-47)57(80)70(11)42-52(75)68(8)9;1-4(6)5(2)3/h17-22,26,41,43-44,48H,15-16,23-25,27-40,42H2,1-14H3,(H5-,62,64,65,66,67,74,76,77,78,79);1-3H3/p+1/t44?,48-,58?,59-,60+;/m1./s1. The maximum absolute atomic E-state index is 15.1. The number of hydrogen-bond donors (Lipinski definition) is 5. The molecule has 0 saturated carbocycles. The zero-order chi connectivity index (χ0) is 68.2. The maximum Gasteiger partial charge on any atom is 0.248 e. The average Bonchev–Trinajstić information content (AvgIpc) is 0.913. The minimum absolute atomic E-state index is 0.00659. The van der Waals surface area contributed by atoms with Crippen LogP contribution in [0.2, 0.25) is 0 Å². The fourth-order valence-corrected chi connectivity index (χ4v) is 9.65. The van der Waals surface area contributed by atoms with E-state index in [1.54, 1.807) is 33.3 Å². The van der Waals surface area contributed by atoms with Gasteiger partial charge in [0.1, 0.15) is 46.8 Å². The van der Waals surface area contributed by atoms with E-state index in [1.807, 2.05) is 45.0 Å². The minimum atomic E-state index is -2.15. The molecule has 5 atom stereocenters. The molecule has 506 valence electrons. The number of benzene rings is 1. The highest BCUT2D eigenvalue weighted by Crippen LogP contribution is 2.29. The molecule has 1 aliphatic rings. The van der Waals surface area contributed by atoms with E-state index < -0.39 is 75.9 Å².